The van der Waals surface area contributed by atoms with Gasteiger partial charge in [0.05, 0.1) is 0 Å². The molecule has 4 rings (SSSR count). The fraction of sp³-hybridized carbons (Fsp3) is 0.444. The quantitative estimate of drug-likeness (QED) is 0.850. The van der Waals surface area contributed by atoms with Gasteiger partial charge in [-0.25, -0.2) is 4.68 Å². The van der Waals surface area contributed by atoms with Crippen molar-refractivity contribution >= 4 is 23.5 Å². The molecule has 0 saturated heterocycles. The maximum Gasteiger partial charge on any atom is 0.227 e. The first-order chi connectivity index (χ1) is 12.0. The fourth-order valence-electron chi connectivity index (χ4n) is 3.63. The predicted octanol–water partition coefficient (Wildman–Crippen LogP) is 3.44. The Morgan fingerprint density at radius 3 is 2.80 bits per heavy atom. The first kappa shape index (κ1) is 16.3. The number of thioether (sulfide) groups is 1. The molecule has 0 bridgehead atoms. The van der Waals surface area contributed by atoms with Gasteiger partial charge in [0.2, 0.25) is 11.1 Å². The molecule has 1 atom stereocenters. The fourth-order valence-corrected chi connectivity index (χ4v) is 4.19. The number of nitrogens with zero attached hydrogens (tertiary/aromatic N) is 4. The summed E-state index contributed by atoms with van der Waals surface area (Å²) in [6, 6.07) is 3.66. The van der Waals surface area contributed by atoms with Crippen LogP contribution < -0.4 is 5.32 Å². The second kappa shape index (κ2) is 5.98. The van der Waals surface area contributed by atoms with Crippen LogP contribution in [0.25, 0.3) is 0 Å². The topological polar surface area (TPSA) is 72.7 Å². The molecule has 7 heteroatoms. The van der Waals surface area contributed by atoms with E-state index in [1.807, 2.05) is 16.8 Å². The molecule has 2 aliphatic rings. The summed E-state index contributed by atoms with van der Waals surface area (Å²) in [5.74, 6) is 1.80. The molecular weight excluding hydrogens is 334 g/mol. The van der Waals surface area contributed by atoms with Gasteiger partial charge < -0.3 is 5.32 Å². The van der Waals surface area contributed by atoms with Crippen LogP contribution in [0.15, 0.2) is 41.0 Å². The minimum Gasteiger partial charge on any atom is -0.328 e. The maximum absolute atomic E-state index is 13.0. The molecule has 1 aliphatic heterocycles. The number of hydrogen-bond acceptors (Lipinski definition) is 6. The summed E-state index contributed by atoms with van der Waals surface area (Å²) < 4.78 is 1.85. The van der Waals surface area contributed by atoms with Gasteiger partial charge in [-0.15, -0.1) is 5.10 Å². The maximum atomic E-state index is 13.0. The van der Waals surface area contributed by atoms with Gasteiger partial charge in [0.25, 0.3) is 0 Å². The molecule has 0 fully saturated rings. The lowest BCUT2D eigenvalue weighted by Crippen LogP contribution is -2.36. The van der Waals surface area contributed by atoms with Gasteiger partial charge in [-0.3, -0.25) is 9.78 Å². The highest BCUT2D eigenvalue weighted by molar-refractivity contribution is 7.99. The second-order valence-corrected chi connectivity index (χ2v) is 8.47. The van der Waals surface area contributed by atoms with Crippen molar-refractivity contribution < 1.29 is 4.79 Å². The number of Topliss-reactive ketones (excluding diaryl/α,β-unsaturated/α-hetero) is 1. The van der Waals surface area contributed by atoms with Crippen LogP contribution in [-0.2, 0) is 4.79 Å². The Kier molecular flexibility index (Phi) is 3.91. The summed E-state index contributed by atoms with van der Waals surface area (Å²) in [5, 5.41) is 8.77. The zero-order valence-corrected chi connectivity index (χ0v) is 15.4. The summed E-state index contributed by atoms with van der Waals surface area (Å²) in [5.41, 5.74) is 2.76. The van der Waals surface area contributed by atoms with Crippen LogP contribution >= 0.6 is 11.8 Å². The third-order valence-corrected chi connectivity index (χ3v) is 5.33. The SMILES string of the molecule is CCSc1nc2n(n1)[C@H](c1ccncc1)C1=C(CC(C)(C)CC1=O)N2. The number of nitrogens with one attached hydrogen (secondary N) is 1. The van der Waals surface area contributed by atoms with Crippen LogP contribution in [0.1, 0.15) is 45.2 Å². The molecule has 0 aromatic carbocycles. The van der Waals surface area contributed by atoms with E-state index in [9.17, 15) is 4.79 Å². The van der Waals surface area contributed by atoms with E-state index in [1.54, 1.807) is 24.2 Å². The molecule has 3 heterocycles. The third kappa shape index (κ3) is 2.86. The zero-order chi connectivity index (χ0) is 17.6. The van der Waals surface area contributed by atoms with Crippen molar-refractivity contribution in [3.63, 3.8) is 0 Å². The average Bonchev–Trinajstić information content (AvgIpc) is 2.95. The Bertz CT molecular complexity index is 856. The molecule has 6 nitrogen and oxygen atoms in total. The molecule has 0 saturated carbocycles. The van der Waals surface area contributed by atoms with Crippen molar-refractivity contribution in [1.29, 1.82) is 0 Å². The third-order valence-electron chi connectivity index (χ3n) is 4.61. The summed E-state index contributed by atoms with van der Waals surface area (Å²) in [7, 11) is 0. The van der Waals surface area contributed by atoms with Crippen molar-refractivity contribution in [2.24, 2.45) is 5.41 Å². The van der Waals surface area contributed by atoms with Crippen molar-refractivity contribution in [3.8, 4) is 0 Å². The number of ketones is 1. The Balaban J connectivity index is 1.88. The normalized spacial score (nSPS) is 21.6. The number of carbonyl (C=O) groups is 1. The molecule has 130 valence electrons. The van der Waals surface area contributed by atoms with E-state index < -0.39 is 0 Å². The van der Waals surface area contributed by atoms with E-state index in [2.05, 4.69) is 41.2 Å². The number of fused-ring (bicyclic) bond motifs is 1. The van der Waals surface area contributed by atoms with Crippen molar-refractivity contribution in [3.05, 3.63) is 41.4 Å². The van der Waals surface area contributed by atoms with Gasteiger partial charge in [0.15, 0.2) is 5.78 Å². The smallest absolute Gasteiger partial charge is 0.227 e. The van der Waals surface area contributed by atoms with Crippen LogP contribution in [0.4, 0.5) is 5.95 Å². The lowest BCUT2D eigenvalue weighted by atomic mass is 9.73. The monoisotopic (exact) mass is 355 g/mol. The number of allylic oxidation sites excluding steroid dienone is 2. The minimum absolute atomic E-state index is 0.0467. The van der Waals surface area contributed by atoms with E-state index in [4.69, 9.17) is 0 Å². The van der Waals surface area contributed by atoms with Crippen LogP contribution in [-0.4, -0.2) is 31.3 Å². The van der Waals surface area contributed by atoms with Gasteiger partial charge in [0, 0.05) is 30.1 Å². The molecule has 2 aromatic heterocycles. The summed E-state index contributed by atoms with van der Waals surface area (Å²) in [6.45, 7) is 6.35. The van der Waals surface area contributed by atoms with Gasteiger partial charge in [0.1, 0.15) is 6.04 Å². The van der Waals surface area contributed by atoms with Crippen LogP contribution in [0.2, 0.25) is 0 Å². The number of aromatic nitrogens is 4. The summed E-state index contributed by atoms with van der Waals surface area (Å²) in [4.78, 5) is 21.7. The highest BCUT2D eigenvalue weighted by Gasteiger charge is 2.41. The molecule has 1 aliphatic carbocycles. The summed E-state index contributed by atoms with van der Waals surface area (Å²) >= 11 is 1.60. The molecule has 0 unspecified atom stereocenters. The van der Waals surface area contributed by atoms with Crippen molar-refractivity contribution in [2.75, 3.05) is 11.1 Å². The van der Waals surface area contributed by atoms with E-state index >= 15 is 0 Å². The first-order valence-corrected chi connectivity index (χ1v) is 9.49. The number of anilines is 1. The molecule has 0 spiro atoms. The zero-order valence-electron chi connectivity index (χ0n) is 14.6. The lowest BCUT2D eigenvalue weighted by Gasteiger charge is -2.38. The van der Waals surface area contributed by atoms with Gasteiger partial charge in [-0.05, 0) is 35.3 Å². The standard InChI is InChI=1S/C18H21N5OS/c1-4-25-17-21-16-20-12-9-18(2,3)10-13(24)14(12)15(23(16)22-17)11-5-7-19-8-6-11/h5-8,15H,4,9-10H2,1-3H3,(H,20,21,22)/t15-/m1/s1. The highest BCUT2D eigenvalue weighted by atomic mass is 32.2. The Labute approximate surface area is 151 Å². The Morgan fingerprint density at radius 1 is 1.32 bits per heavy atom. The minimum atomic E-state index is -0.239. The number of pyridine rings is 1. The van der Waals surface area contributed by atoms with Crippen LogP contribution in [0.3, 0.4) is 0 Å². The van der Waals surface area contributed by atoms with E-state index in [-0.39, 0.29) is 17.2 Å². The van der Waals surface area contributed by atoms with Crippen LogP contribution in [0, 0.1) is 5.41 Å². The average molecular weight is 355 g/mol. The molecule has 1 N–H and O–H groups in total. The van der Waals surface area contributed by atoms with Crippen molar-refractivity contribution in [1.82, 2.24) is 19.7 Å². The molecule has 25 heavy (non-hydrogen) atoms. The van der Waals surface area contributed by atoms with Gasteiger partial charge in [-0.1, -0.05) is 32.5 Å². The Hall–Kier alpha value is -2.15. The number of hydrogen-bond donors (Lipinski definition) is 1. The first-order valence-electron chi connectivity index (χ1n) is 8.51. The molecule has 2 aromatic rings. The lowest BCUT2D eigenvalue weighted by molar-refractivity contribution is -0.118. The van der Waals surface area contributed by atoms with E-state index in [0.29, 0.717) is 12.4 Å². The molecular formula is C18H21N5OS. The van der Waals surface area contributed by atoms with E-state index in [0.717, 1.165) is 34.2 Å². The van der Waals surface area contributed by atoms with Gasteiger partial charge in [-0.2, -0.15) is 4.98 Å². The number of rotatable bonds is 3. The Morgan fingerprint density at radius 2 is 2.08 bits per heavy atom. The predicted molar refractivity (Wildman–Crippen MR) is 97.5 cm³/mol. The van der Waals surface area contributed by atoms with Crippen LogP contribution in [0.5, 0.6) is 0 Å². The molecule has 0 amide bonds. The number of carbonyl (C=O) groups excluding carboxylic acids is 1. The molecule has 0 radical (unpaired) electrons. The van der Waals surface area contributed by atoms with E-state index in [1.165, 1.54) is 0 Å². The highest BCUT2D eigenvalue weighted by Crippen LogP contribution is 2.45. The largest absolute Gasteiger partial charge is 0.328 e. The second-order valence-electron chi connectivity index (χ2n) is 7.24. The summed E-state index contributed by atoms with van der Waals surface area (Å²) in [6.07, 6.45) is 4.90. The van der Waals surface area contributed by atoms with Crippen molar-refractivity contribution in [2.45, 2.75) is 44.8 Å². The van der Waals surface area contributed by atoms with Gasteiger partial charge >= 0.3 is 0 Å².